The van der Waals surface area contributed by atoms with Crippen LogP contribution in [0.25, 0.3) is 0 Å². The molecule has 0 radical (unpaired) electrons. The molecule has 0 amide bonds. The van der Waals surface area contributed by atoms with Crippen LogP contribution in [-0.4, -0.2) is 38.3 Å². The predicted octanol–water partition coefficient (Wildman–Crippen LogP) is 2.14. The third-order valence-corrected chi connectivity index (χ3v) is 2.42. The highest BCUT2D eigenvalue weighted by molar-refractivity contribution is 4.68. The first-order valence-corrected chi connectivity index (χ1v) is 4.91. The van der Waals surface area contributed by atoms with Crippen molar-refractivity contribution in [2.24, 2.45) is 0 Å². The highest BCUT2D eigenvalue weighted by atomic mass is 16.5. The van der Waals surface area contributed by atoms with Crippen molar-refractivity contribution in [2.75, 3.05) is 27.3 Å². The number of hydrogen-bond acceptors (Lipinski definition) is 2. The zero-order valence-electron chi connectivity index (χ0n) is 8.97. The SMILES string of the molecule is CCOC.C[C@@H]1CCCCN1C. The van der Waals surface area contributed by atoms with Crippen LogP contribution in [0.15, 0.2) is 0 Å². The first kappa shape index (κ1) is 11.9. The lowest BCUT2D eigenvalue weighted by Gasteiger charge is -2.29. The van der Waals surface area contributed by atoms with Gasteiger partial charge < -0.3 is 9.64 Å². The Bertz CT molecular complexity index is 83.8. The third kappa shape index (κ3) is 5.56. The summed E-state index contributed by atoms with van der Waals surface area (Å²) >= 11 is 0. The van der Waals surface area contributed by atoms with Gasteiger partial charge in [0.05, 0.1) is 0 Å². The molecule has 0 aromatic rings. The van der Waals surface area contributed by atoms with Crippen LogP contribution in [0.2, 0.25) is 0 Å². The van der Waals surface area contributed by atoms with Gasteiger partial charge in [0, 0.05) is 19.8 Å². The second-order valence-electron chi connectivity index (χ2n) is 3.40. The molecule has 12 heavy (non-hydrogen) atoms. The molecule has 1 fully saturated rings. The Morgan fingerprint density at radius 3 is 2.25 bits per heavy atom. The Labute approximate surface area is 76.9 Å². The number of nitrogens with zero attached hydrogens (tertiary/aromatic N) is 1. The van der Waals surface area contributed by atoms with Crippen LogP contribution in [0, 0.1) is 0 Å². The topological polar surface area (TPSA) is 12.5 Å². The monoisotopic (exact) mass is 173 g/mol. The molecule has 74 valence electrons. The molecular formula is C10H23NO. The van der Waals surface area contributed by atoms with E-state index in [2.05, 4.69) is 23.6 Å². The van der Waals surface area contributed by atoms with Gasteiger partial charge in [0.1, 0.15) is 0 Å². The Kier molecular flexibility index (Phi) is 7.51. The molecule has 0 bridgehead atoms. The van der Waals surface area contributed by atoms with Gasteiger partial charge in [0.2, 0.25) is 0 Å². The fourth-order valence-electron chi connectivity index (χ4n) is 1.24. The van der Waals surface area contributed by atoms with E-state index in [1.165, 1.54) is 25.8 Å². The fraction of sp³-hybridized carbons (Fsp3) is 1.00. The molecule has 0 unspecified atom stereocenters. The summed E-state index contributed by atoms with van der Waals surface area (Å²) < 4.78 is 4.54. The fourth-order valence-corrected chi connectivity index (χ4v) is 1.24. The summed E-state index contributed by atoms with van der Waals surface area (Å²) in [5.74, 6) is 0. The van der Waals surface area contributed by atoms with Crippen LogP contribution >= 0.6 is 0 Å². The molecule has 1 atom stereocenters. The zero-order chi connectivity index (χ0) is 9.40. The maximum atomic E-state index is 4.54. The van der Waals surface area contributed by atoms with Crippen LogP contribution in [0.5, 0.6) is 0 Å². The molecule has 0 spiro atoms. The lowest BCUT2D eigenvalue weighted by atomic mass is 10.1. The van der Waals surface area contributed by atoms with Crippen LogP contribution < -0.4 is 0 Å². The summed E-state index contributed by atoms with van der Waals surface area (Å²) in [4.78, 5) is 2.43. The van der Waals surface area contributed by atoms with Crippen molar-refractivity contribution in [1.82, 2.24) is 4.90 Å². The molecule has 1 aliphatic rings. The predicted molar refractivity (Wildman–Crippen MR) is 53.5 cm³/mol. The number of likely N-dealkylation sites (tertiary alicyclic amines) is 1. The molecule has 0 saturated carbocycles. The maximum Gasteiger partial charge on any atom is 0.0433 e. The molecule has 2 heteroatoms. The largest absolute Gasteiger partial charge is 0.385 e. The second kappa shape index (κ2) is 7.56. The van der Waals surface area contributed by atoms with E-state index in [1.807, 2.05) is 6.92 Å². The lowest BCUT2D eigenvalue weighted by Crippen LogP contribution is -2.33. The van der Waals surface area contributed by atoms with Gasteiger partial charge in [0.25, 0.3) is 0 Å². The van der Waals surface area contributed by atoms with Crippen LogP contribution in [-0.2, 0) is 4.74 Å². The van der Waals surface area contributed by atoms with Crippen LogP contribution in [0.3, 0.4) is 0 Å². The number of ether oxygens (including phenoxy) is 1. The quantitative estimate of drug-likeness (QED) is 0.602. The Morgan fingerprint density at radius 2 is 2.00 bits per heavy atom. The van der Waals surface area contributed by atoms with Crippen molar-refractivity contribution in [2.45, 2.75) is 39.2 Å². The highest BCUT2D eigenvalue weighted by Crippen LogP contribution is 2.13. The Morgan fingerprint density at radius 1 is 1.42 bits per heavy atom. The Hall–Kier alpha value is -0.0800. The molecule has 1 aliphatic heterocycles. The molecule has 0 aliphatic carbocycles. The standard InChI is InChI=1S/C7H15N.C3H8O/c1-7-5-3-4-6-8(7)2;1-3-4-2/h7H,3-6H2,1-2H3;3H2,1-2H3/t7-;/m1./s1. The Balaban J connectivity index is 0.000000261. The van der Waals surface area contributed by atoms with Gasteiger partial charge >= 0.3 is 0 Å². The molecule has 1 heterocycles. The third-order valence-electron chi connectivity index (χ3n) is 2.42. The summed E-state index contributed by atoms with van der Waals surface area (Å²) in [6, 6.07) is 0.837. The summed E-state index contributed by atoms with van der Waals surface area (Å²) in [5.41, 5.74) is 0. The van der Waals surface area contributed by atoms with E-state index in [0.717, 1.165) is 12.6 Å². The van der Waals surface area contributed by atoms with Gasteiger partial charge in [-0.3, -0.25) is 0 Å². The number of methoxy groups -OCH3 is 1. The number of rotatable bonds is 1. The van der Waals surface area contributed by atoms with Crippen molar-refractivity contribution in [3.63, 3.8) is 0 Å². The molecule has 0 N–H and O–H groups in total. The minimum atomic E-state index is 0.819. The van der Waals surface area contributed by atoms with Gasteiger partial charge in [-0.2, -0.15) is 0 Å². The molecule has 0 aromatic carbocycles. The smallest absolute Gasteiger partial charge is 0.0433 e. The summed E-state index contributed by atoms with van der Waals surface area (Å²) in [7, 11) is 3.89. The van der Waals surface area contributed by atoms with Gasteiger partial charge in [-0.25, -0.2) is 0 Å². The average molecular weight is 173 g/mol. The van der Waals surface area contributed by atoms with E-state index < -0.39 is 0 Å². The van der Waals surface area contributed by atoms with Gasteiger partial charge in [-0.15, -0.1) is 0 Å². The molecule has 1 rings (SSSR count). The molecule has 2 nitrogen and oxygen atoms in total. The van der Waals surface area contributed by atoms with E-state index in [4.69, 9.17) is 0 Å². The van der Waals surface area contributed by atoms with Gasteiger partial charge in [-0.05, 0) is 40.3 Å². The van der Waals surface area contributed by atoms with Crippen LogP contribution in [0.1, 0.15) is 33.1 Å². The number of hydrogen-bond donors (Lipinski definition) is 0. The normalized spacial score (nSPS) is 24.5. The van der Waals surface area contributed by atoms with E-state index in [9.17, 15) is 0 Å². The van der Waals surface area contributed by atoms with Crippen molar-refractivity contribution in [3.05, 3.63) is 0 Å². The van der Waals surface area contributed by atoms with Gasteiger partial charge in [0.15, 0.2) is 0 Å². The summed E-state index contributed by atoms with van der Waals surface area (Å²) in [6.45, 7) is 6.39. The summed E-state index contributed by atoms with van der Waals surface area (Å²) in [5, 5.41) is 0. The average Bonchev–Trinajstić information content (AvgIpc) is 2.11. The molecule has 1 saturated heterocycles. The van der Waals surface area contributed by atoms with Crippen molar-refractivity contribution in [1.29, 1.82) is 0 Å². The lowest BCUT2D eigenvalue weighted by molar-refractivity contribution is 0.200. The minimum absolute atomic E-state index is 0.819. The van der Waals surface area contributed by atoms with E-state index >= 15 is 0 Å². The van der Waals surface area contributed by atoms with Crippen molar-refractivity contribution in [3.8, 4) is 0 Å². The van der Waals surface area contributed by atoms with E-state index in [-0.39, 0.29) is 0 Å². The highest BCUT2D eigenvalue weighted by Gasteiger charge is 2.12. The summed E-state index contributed by atoms with van der Waals surface area (Å²) in [6.07, 6.45) is 4.24. The van der Waals surface area contributed by atoms with E-state index in [0.29, 0.717) is 0 Å². The second-order valence-corrected chi connectivity index (χ2v) is 3.40. The number of piperidine rings is 1. The molecule has 0 aromatic heterocycles. The zero-order valence-corrected chi connectivity index (χ0v) is 8.97. The first-order chi connectivity index (χ1) is 5.72. The van der Waals surface area contributed by atoms with E-state index in [1.54, 1.807) is 7.11 Å². The van der Waals surface area contributed by atoms with Crippen LogP contribution in [0.4, 0.5) is 0 Å². The minimum Gasteiger partial charge on any atom is -0.385 e. The maximum absolute atomic E-state index is 4.54. The van der Waals surface area contributed by atoms with Gasteiger partial charge in [-0.1, -0.05) is 6.42 Å². The van der Waals surface area contributed by atoms with Crippen molar-refractivity contribution < 1.29 is 4.74 Å². The van der Waals surface area contributed by atoms with Crippen molar-refractivity contribution >= 4 is 0 Å². The molecular weight excluding hydrogens is 150 g/mol. The first-order valence-electron chi connectivity index (χ1n) is 4.91.